The van der Waals surface area contributed by atoms with Gasteiger partial charge < -0.3 is 16.0 Å². The highest BCUT2D eigenvalue weighted by molar-refractivity contribution is 6.09. The van der Waals surface area contributed by atoms with Crippen molar-refractivity contribution < 1.29 is 14.4 Å². The Morgan fingerprint density at radius 3 is 2.60 bits per heavy atom. The van der Waals surface area contributed by atoms with E-state index in [1.165, 1.54) is 0 Å². The topological polar surface area (TPSA) is 95.7 Å². The third-order valence-electron chi connectivity index (χ3n) is 6.29. The van der Waals surface area contributed by atoms with Crippen molar-refractivity contribution in [1.82, 2.24) is 15.1 Å². The number of rotatable bonds is 4. The highest BCUT2D eigenvalue weighted by atomic mass is 16.2. The Hall–Kier alpha value is -1.63. The van der Waals surface area contributed by atoms with Gasteiger partial charge in [0.25, 0.3) is 5.91 Å². The largest absolute Gasteiger partial charge is 0.337 e. The summed E-state index contributed by atoms with van der Waals surface area (Å²) < 4.78 is 0. The smallest absolute Gasteiger partial charge is 0.325 e. The fourth-order valence-corrected chi connectivity index (χ4v) is 4.54. The molecule has 0 aromatic carbocycles. The van der Waals surface area contributed by atoms with Gasteiger partial charge in [-0.15, -0.1) is 0 Å². The van der Waals surface area contributed by atoms with E-state index in [4.69, 9.17) is 5.73 Å². The predicted octanol–water partition coefficient (Wildman–Crippen LogP) is 1.22. The molecular formula is C18H30N4O3. The van der Waals surface area contributed by atoms with E-state index >= 15 is 0 Å². The summed E-state index contributed by atoms with van der Waals surface area (Å²) in [4.78, 5) is 40.8. The number of nitrogens with two attached hydrogens (primary N) is 1. The van der Waals surface area contributed by atoms with Crippen molar-refractivity contribution in [3.63, 3.8) is 0 Å². The molecule has 2 saturated heterocycles. The average Bonchev–Trinajstić information content (AvgIpc) is 2.86. The second-order valence-electron chi connectivity index (χ2n) is 7.73. The Morgan fingerprint density at radius 1 is 1.24 bits per heavy atom. The third kappa shape index (κ3) is 3.38. The van der Waals surface area contributed by atoms with E-state index in [-0.39, 0.29) is 24.4 Å². The van der Waals surface area contributed by atoms with Crippen molar-refractivity contribution in [2.75, 3.05) is 19.6 Å². The molecule has 140 valence electrons. The first-order valence-electron chi connectivity index (χ1n) is 9.64. The number of nitrogens with zero attached hydrogens (tertiary/aromatic N) is 2. The number of imide groups is 1. The molecule has 2 aliphatic heterocycles. The van der Waals surface area contributed by atoms with Crippen molar-refractivity contribution in [2.45, 2.75) is 69.9 Å². The molecule has 4 amide bonds. The van der Waals surface area contributed by atoms with Gasteiger partial charge in [0.15, 0.2) is 0 Å². The van der Waals surface area contributed by atoms with Crippen LogP contribution in [0.4, 0.5) is 4.79 Å². The molecule has 3 fully saturated rings. The summed E-state index contributed by atoms with van der Waals surface area (Å²) in [6, 6.07) is -0.398. The maximum Gasteiger partial charge on any atom is 0.325 e. The van der Waals surface area contributed by atoms with E-state index < -0.39 is 11.6 Å². The second-order valence-corrected chi connectivity index (χ2v) is 7.73. The van der Waals surface area contributed by atoms with Crippen LogP contribution in [-0.4, -0.2) is 58.9 Å². The van der Waals surface area contributed by atoms with E-state index in [0.29, 0.717) is 31.8 Å². The van der Waals surface area contributed by atoms with Crippen LogP contribution in [0.3, 0.4) is 0 Å². The van der Waals surface area contributed by atoms with E-state index in [1.807, 2.05) is 0 Å². The number of hydrogen-bond acceptors (Lipinski definition) is 4. The van der Waals surface area contributed by atoms with Gasteiger partial charge in [0, 0.05) is 19.1 Å². The molecule has 0 aromatic heterocycles. The summed E-state index contributed by atoms with van der Waals surface area (Å²) in [5.41, 5.74) is 5.00. The molecule has 1 aliphatic carbocycles. The summed E-state index contributed by atoms with van der Waals surface area (Å²) >= 11 is 0. The molecule has 3 aliphatic rings. The van der Waals surface area contributed by atoms with Gasteiger partial charge >= 0.3 is 6.03 Å². The maximum atomic E-state index is 12.9. The van der Waals surface area contributed by atoms with Crippen LogP contribution in [0.25, 0.3) is 0 Å². The molecular weight excluding hydrogens is 320 g/mol. The Morgan fingerprint density at radius 2 is 1.96 bits per heavy atom. The average molecular weight is 350 g/mol. The van der Waals surface area contributed by atoms with Crippen LogP contribution in [0.1, 0.15) is 58.3 Å². The van der Waals surface area contributed by atoms with E-state index in [9.17, 15) is 14.4 Å². The van der Waals surface area contributed by atoms with Gasteiger partial charge in [-0.25, -0.2) is 4.79 Å². The van der Waals surface area contributed by atoms with Gasteiger partial charge in [0.2, 0.25) is 5.91 Å². The lowest BCUT2D eigenvalue weighted by Gasteiger charge is -2.36. The highest BCUT2D eigenvalue weighted by Crippen LogP contribution is 2.37. The number of piperidine rings is 1. The monoisotopic (exact) mass is 350 g/mol. The third-order valence-corrected chi connectivity index (χ3v) is 6.29. The van der Waals surface area contributed by atoms with Crippen LogP contribution < -0.4 is 11.1 Å². The van der Waals surface area contributed by atoms with Crippen molar-refractivity contribution in [2.24, 2.45) is 11.7 Å². The van der Waals surface area contributed by atoms with Gasteiger partial charge in [-0.3, -0.25) is 14.5 Å². The van der Waals surface area contributed by atoms with Crippen LogP contribution in [0.5, 0.6) is 0 Å². The number of carbonyl (C=O) groups excluding carboxylic acids is 3. The number of nitrogens with one attached hydrogen (secondary N) is 1. The number of urea groups is 1. The van der Waals surface area contributed by atoms with Crippen LogP contribution >= 0.6 is 0 Å². The summed E-state index contributed by atoms with van der Waals surface area (Å²) in [5.74, 6) is 0.240. The molecule has 0 bridgehead atoms. The van der Waals surface area contributed by atoms with Gasteiger partial charge in [0.1, 0.15) is 12.1 Å². The zero-order valence-corrected chi connectivity index (χ0v) is 15.1. The fourth-order valence-electron chi connectivity index (χ4n) is 4.54. The molecule has 2 heterocycles. The minimum absolute atomic E-state index is 0.0240. The van der Waals surface area contributed by atoms with Crippen LogP contribution in [0, 0.1) is 5.92 Å². The van der Waals surface area contributed by atoms with Gasteiger partial charge in [-0.2, -0.15) is 0 Å². The Labute approximate surface area is 149 Å². The first-order chi connectivity index (χ1) is 12.0. The van der Waals surface area contributed by atoms with Crippen LogP contribution in [0.2, 0.25) is 0 Å². The summed E-state index contributed by atoms with van der Waals surface area (Å²) in [6.45, 7) is 3.08. The standard InChI is InChI=1S/C18H30N4O3/c1-2-13-6-8-18(9-7-13)16(24)22(17(25)20-18)12-15(23)21-10-4-3-5-14(21)11-19/h13-14H,2-12,19H2,1H3,(H,20,25). The molecule has 1 saturated carbocycles. The number of carbonyl (C=O) groups is 3. The Bertz CT molecular complexity index is 542. The number of likely N-dealkylation sites (tertiary alicyclic amines) is 1. The Balaban J connectivity index is 1.66. The maximum absolute atomic E-state index is 12.9. The second kappa shape index (κ2) is 7.32. The normalized spacial score (nSPS) is 33.0. The van der Waals surface area contributed by atoms with Crippen molar-refractivity contribution in [3.05, 3.63) is 0 Å². The van der Waals surface area contributed by atoms with Gasteiger partial charge in [-0.05, 0) is 50.9 Å². The summed E-state index contributed by atoms with van der Waals surface area (Å²) in [7, 11) is 0. The molecule has 7 nitrogen and oxygen atoms in total. The first kappa shape index (κ1) is 18.2. The molecule has 25 heavy (non-hydrogen) atoms. The highest BCUT2D eigenvalue weighted by Gasteiger charge is 2.52. The first-order valence-corrected chi connectivity index (χ1v) is 9.64. The molecule has 3 rings (SSSR count). The van der Waals surface area contributed by atoms with Crippen LogP contribution in [-0.2, 0) is 9.59 Å². The SMILES string of the molecule is CCC1CCC2(CC1)NC(=O)N(CC(=O)N1CCCCC1CN)C2=O. The quantitative estimate of drug-likeness (QED) is 0.745. The van der Waals surface area contributed by atoms with Crippen LogP contribution in [0.15, 0.2) is 0 Å². The zero-order chi connectivity index (χ0) is 18.0. The molecule has 0 aromatic rings. The summed E-state index contributed by atoms with van der Waals surface area (Å²) in [5, 5.41) is 2.89. The molecule has 1 unspecified atom stereocenters. The molecule has 0 radical (unpaired) electrons. The van der Waals surface area contributed by atoms with Crippen molar-refractivity contribution >= 4 is 17.8 Å². The van der Waals surface area contributed by atoms with E-state index in [0.717, 1.165) is 43.4 Å². The Kier molecular flexibility index (Phi) is 5.32. The van der Waals surface area contributed by atoms with E-state index in [1.54, 1.807) is 4.90 Å². The lowest BCUT2D eigenvalue weighted by molar-refractivity contribution is -0.141. The molecule has 7 heteroatoms. The van der Waals surface area contributed by atoms with Gasteiger partial charge in [-0.1, -0.05) is 13.3 Å². The van der Waals surface area contributed by atoms with Crippen molar-refractivity contribution in [3.8, 4) is 0 Å². The number of amides is 4. The minimum atomic E-state index is -0.780. The minimum Gasteiger partial charge on any atom is -0.337 e. The predicted molar refractivity (Wildman–Crippen MR) is 93.6 cm³/mol. The van der Waals surface area contributed by atoms with E-state index in [2.05, 4.69) is 12.2 Å². The zero-order valence-electron chi connectivity index (χ0n) is 15.1. The molecule has 1 spiro atoms. The van der Waals surface area contributed by atoms with Crippen molar-refractivity contribution in [1.29, 1.82) is 0 Å². The van der Waals surface area contributed by atoms with Gasteiger partial charge in [0.05, 0.1) is 0 Å². The number of hydrogen-bond donors (Lipinski definition) is 2. The lowest BCUT2D eigenvalue weighted by atomic mass is 9.75. The molecule has 1 atom stereocenters. The fraction of sp³-hybridized carbons (Fsp3) is 0.833. The molecule has 3 N–H and O–H groups in total. The summed E-state index contributed by atoms with van der Waals surface area (Å²) in [6.07, 6.45) is 7.27. The lowest BCUT2D eigenvalue weighted by Crippen LogP contribution is -2.52.